The van der Waals surface area contributed by atoms with Crippen molar-refractivity contribution in [1.29, 1.82) is 0 Å². The lowest BCUT2D eigenvalue weighted by molar-refractivity contribution is 0.0938. The van der Waals surface area contributed by atoms with Gasteiger partial charge in [-0.3, -0.25) is 4.79 Å². The first-order chi connectivity index (χ1) is 8.08. The fraction of sp³-hybridized carbons (Fsp3) is 0.417. The number of hydrogen-bond donors (Lipinski definition) is 1. The minimum absolute atomic E-state index is 0.0294. The van der Waals surface area contributed by atoms with Crippen LogP contribution in [0.5, 0.6) is 0 Å². The van der Waals surface area contributed by atoms with Crippen LogP contribution in [0.3, 0.4) is 0 Å². The summed E-state index contributed by atoms with van der Waals surface area (Å²) in [5.74, 6) is -0.152. The predicted octanol–water partition coefficient (Wildman–Crippen LogP) is 3.88. The summed E-state index contributed by atoms with van der Waals surface area (Å²) in [4.78, 5) is 11.9. The maximum absolute atomic E-state index is 11.9. The van der Waals surface area contributed by atoms with Crippen LogP contribution in [0.2, 0.25) is 10.0 Å². The van der Waals surface area contributed by atoms with Crippen LogP contribution in [0.25, 0.3) is 0 Å². The summed E-state index contributed by atoms with van der Waals surface area (Å²) in [6.07, 6.45) is 2.94. The Labute approximate surface area is 115 Å². The largest absolute Gasteiger partial charge is 0.348 e. The van der Waals surface area contributed by atoms with E-state index in [0.29, 0.717) is 15.6 Å². The van der Waals surface area contributed by atoms with E-state index >= 15 is 0 Å². The Balaban J connectivity index is 2.06. The molecule has 2 unspecified atom stereocenters. The first-order valence-electron chi connectivity index (χ1n) is 5.48. The fourth-order valence-corrected chi connectivity index (χ4v) is 2.61. The van der Waals surface area contributed by atoms with Crippen LogP contribution < -0.4 is 5.32 Å². The van der Waals surface area contributed by atoms with Gasteiger partial charge < -0.3 is 5.32 Å². The predicted molar refractivity (Wildman–Crippen MR) is 71.2 cm³/mol. The van der Waals surface area contributed by atoms with Crippen molar-refractivity contribution in [3.63, 3.8) is 0 Å². The van der Waals surface area contributed by atoms with Crippen LogP contribution in [-0.4, -0.2) is 17.3 Å². The molecule has 0 saturated heterocycles. The van der Waals surface area contributed by atoms with Crippen LogP contribution in [-0.2, 0) is 0 Å². The lowest BCUT2D eigenvalue weighted by atomic mass is 10.2. The maximum atomic E-state index is 11.9. The van der Waals surface area contributed by atoms with E-state index in [1.165, 1.54) is 0 Å². The van der Waals surface area contributed by atoms with E-state index in [0.717, 1.165) is 19.3 Å². The van der Waals surface area contributed by atoms with Gasteiger partial charge in [0.25, 0.3) is 5.91 Å². The monoisotopic (exact) mass is 291 g/mol. The maximum Gasteiger partial charge on any atom is 0.251 e. The van der Waals surface area contributed by atoms with Crippen molar-refractivity contribution in [3.05, 3.63) is 33.8 Å². The minimum atomic E-state index is -0.152. The second-order valence-corrected chi connectivity index (χ2v) is 5.53. The summed E-state index contributed by atoms with van der Waals surface area (Å²) in [6.45, 7) is 0. The van der Waals surface area contributed by atoms with Crippen molar-refractivity contribution in [2.24, 2.45) is 0 Å². The normalized spacial score (nSPS) is 23.7. The third-order valence-electron chi connectivity index (χ3n) is 2.93. The smallest absolute Gasteiger partial charge is 0.251 e. The zero-order chi connectivity index (χ0) is 12.4. The molecule has 0 bridgehead atoms. The molecule has 1 aromatic carbocycles. The summed E-state index contributed by atoms with van der Waals surface area (Å²) in [7, 11) is 0. The molecule has 2 rings (SSSR count). The van der Waals surface area contributed by atoms with Gasteiger partial charge in [-0.25, -0.2) is 0 Å². The van der Waals surface area contributed by atoms with Crippen molar-refractivity contribution in [3.8, 4) is 0 Å². The highest BCUT2D eigenvalue weighted by molar-refractivity contribution is 6.42. The van der Waals surface area contributed by atoms with Crippen molar-refractivity contribution in [2.75, 3.05) is 0 Å². The molecular formula is C12H12Cl3NO. The molecule has 17 heavy (non-hydrogen) atoms. The first-order valence-corrected chi connectivity index (χ1v) is 6.67. The van der Waals surface area contributed by atoms with E-state index in [-0.39, 0.29) is 17.3 Å². The first kappa shape index (κ1) is 13.0. The lowest BCUT2D eigenvalue weighted by Crippen LogP contribution is -2.37. The highest BCUT2D eigenvalue weighted by Crippen LogP contribution is 2.25. The Morgan fingerprint density at radius 3 is 2.59 bits per heavy atom. The molecule has 2 nitrogen and oxygen atoms in total. The molecule has 92 valence electrons. The molecule has 1 saturated carbocycles. The Kier molecular flexibility index (Phi) is 4.18. The average Bonchev–Trinajstić information content (AvgIpc) is 2.68. The summed E-state index contributed by atoms with van der Waals surface area (Å²) in [5, 5.41) is 3.77. The molecule has 1 amide bonds. The molecule has 0 radical (unpaired) electrons. The summed E-state index contributed by atoms with van der Waals surface area (Å²) < 4.78 is 0. The third kappa shape index (κ3) is 3.06. The average molecular weight is 293 g/mol. The van der Waals surface area contributed by atoms with Gasteiger partial charge in [0.1, 0.15) is 0 Å². The van der Waals surface area contributed by atoms with Crippen molar-refractivity contribution >= 4 is 40.7 Å². The minimum Gasteiger partial charge on any atom is -0.348 e. The highest BCUT2D eigenvalue weighted by atomic mass is 35.5. The van der Waals surface area contributed by atoms with Gasteiger partial charge >= 0.3 is 0 Å². The number of carbonyl (C=O) groups is 1. The van der Waals surface area contributed by atoms with E-state index in [1.54, 1.807) is 18.2 Å². The van der Waals surface area contributed by atoms with Gasteiger partial charge in [0.05, 0.1) is 15.4 Å². The second kappa shape index (κ2) is 5.47. The molecule has 1 fully saturated rings. The molecule has 1 aliphatic rings. The Morgan fingerprint density at radius 2 is 2.00 bits per heavy atom. The Hall–Kier alpha value is -0.440. The molecule has 1 aromatic rings. The molecule has 0 heterocycles. The third-order valence-corrected chi connectivity index (χ3v) is 4.19. The van der Waals surface area contributed by atoms with E-state index in [9.17, 15) is 4.79 Å². The molecule has 2 atom stereocenters. The number of amides is 1. The quantitative estimate of drug-likeness (QED) is 0.823. The number of nitrogens with one attached hydrogen (secondary N) is 1. The van der Waals surface area contributed by atoms with E-state index in [4.69, 9.17) is 34.8 Å². The van der Waals surface area contributed by atoms with Gasteiger partial charge in [0.2, 0.25) is 0 Å². The summed E-state index contributed by atoms with van der Waals surface area (Å²) in [5.41, 5.74) is 0.509. The SMILES string of the molecule is O=C(NC1CCCC1Cl)c1ccc(Cl)c(Cl)c1. The lowest BCUT2D eigenvalue weighted by Gasteiger charge is -2.15. The number of hydrogen-bond acceptors (Lipinski definition) is 1. The van der Waals surface area contributed by atoms with Gasteiger partial charge in [-0.1, -0.05) is 23.2 Å². The number of alkyl halides is 1. The zero-order valence-electron chi connectivity index (χ0n) is 9.05. The second-order valence-electron chi connectivity index (χ2n) is 4.16. The van der Waals surface area contributed by atoms with Crippen LogP contribution in [0.4, 0.5) is 0 Å². The Bertz CT molecular complexity index is 436. The molecule has 1 aliphatic carbocycles. The standard InChI is InChI=1S/C12H12Cl3NO/c13-8-5-4-7(6-10(8)15)12(17)16-11-3-1-2-9(11)14/h4-6,9,11H,1-3H2,(H,16,17). The Morgan fingerprint density at radius 1 is 1.24 bits per heavy atom. The number of benzene rings is 1. The van der Waals surface area contributed by atoms with Crippen LogP contribution in [0.15, 0.2) is 18.2 Å². The molecule has 0 aromatic heterocycles. The van der Waals surface area contributed by atoms with Crippen molar-refractivity contribution < 1.29 is 4.79 Å². The number of rotatable bonds is 2. The van der Waals surface area contributed by atoms with E-state index in [2.05, 4.69) is 5.32 Å². The van der Waals surface area contributed by atoms with Crippen molar-refractivity contribution in [1.82, 2.24) is 5.32 Å². The van der Waals surface area contributed by atoms with Gasteiger partial charge in [-0.15, -0.1) is 11.6 Å². The zero-order valence-corrected chi connectivity index (χ0v) is 11.3. The summed E-state index contributed by atoms with van der Waals surface area (Å²) >= 11 is 17.8. The fourth-order valence-electron chi connectivity index (χ4n) is 1.97. The molecule has 1 N–H and O–H groups in total. The number of carbonyl (C=O) groups excluding carboxylic acids is 1. The van der Waals surface area contributed by atoms with Crippen LogP contribution in [0, 0.1) is 0 Å². The van der Waals surface area contributed by atoms with Crippen molar-refractivity contribution in [2.45, 2.75) is 30.7 Å². The molecule has 0 aliphatic heterocycles. The van der Waals surface area contributed by atoms with Gasteiger partial charge in [0.15, 0.2) is 0 Å². The van der Waals surface area contributed by atoms with Gasteiger partial charge in [0, 0.05) is 11.6 Å². The van der Waals surface area contributed by atoms with E-state index in [1.807, 2.05) is 0 Å². The molecular weight excluding hydrogens is 280 g/mol. The van der Waals surface area contributed by atoms with E-state index < -0.39 is 0 Å². The molecule has 5 heteroatoms. The van der Waals surface area contributed by atoms with Gasteiger partial charge in [-0.2, -0.15) is 0 Å². The number of halogens is 3. The summed E-state index contributed by atoms with van der Waals surface area (Å²) in [6, 6.07) is 4.89. The van der Waals surface area contributed by atoms with Crippen LogP contribution >= 0.6 is 34.8 Å². The molecule has 0 spiro atoms. The highest BCUT2D eigenvalue weighted by Gasteiger charge is 2.26. The van der Waals surface area contributed by atoms with Gasteiger partial charge in [-0.05, 0) is 37.5 Å². The topological polar surface area (TPSA) is 29.1 Å². The van der Waals surface area contributed by atoms with Crippen LogP contribution in [0.1, 0.15) is 29.6 Å².